The summed E-state index contributed by atoms with van der Waals surface area (Å²) in [5.41, 5.74) is 1.31. The lowest BCUT2D eigenvalue weighted by Gasteiger charge is -2.40. The van der Waals surface area contributed by atoms with Gasteiger partial charge in [-0.1, -0.05) is 0 Å². The Hall–Kier alpha value is -1.53. The first-order valence-corrected chi connectivity index (χ1v) is 11.6. The van der Waals surface area contributed by atoms with Gasteiger partial charge in [0, 0.05) is 50.0 Å². The van der Waals surface area contributed by atoms with Crippen molar-refractivity contribution in [1.29, 1.82) is 0 Å². The Morgan fingerprint density at radius 3 is 2.24 bits per heavy atom. The van der Waals surface area contributed by atoms with Crippen LogP contribution in [0.3, 0.4) is 0 Å². The molecule has 0 aromatic carbocycles. The number of Topliss-reactive ketones (excluding diaryl/α,β-unsaturated/α-hetero) is 1. The summed E-state index contributed by atoms with van der Waals surface area (Å²) in [6.45, 7) is 7.52. The topological polar surface area (TPSA) is 52.6 Å². The van der Waals surface area contributed by atoms with Crippen LogP contribution in [0.5, 0.6) is 0 Å². The van der Waals surface area contributed by atoms with E-state index in [-0.39, 0.29) is 0 Å². The molecule has 6 nitrogen and oxygen atoms in total. The molecule has 2 atom stereocenters. The van der Waals surface area contributed by atoms with E-state index in [1.165, 1.54) is 37.8 Å². The maximum absolute atomic E-state index is 11.4. The second-order valence-corrected chi connectivity index (χ2v) is 10.0. The van der Waals surface area contributed by atoms with Crippen LogP contribution in [-0.2, 0) is 4.79 Å². The molecule has 0 radical (unpaired) electrons. The largest absolute Gasteiger partial charge is 0.332 e. The first-order valence-electron chi connectivity index (χ1n) is 11.6. The number of likely N-dealkylation sites (tertiary alicyclic amines) is 2. The van der Waals surface area contributed by atoms with Crippen LogP contribution in [0.15, 0.2) is 12.4 Å². The molecule has 4 aliphatic rings. The number of ketones is 1. The molecular formula is C23H35N5O. The second kappa shape index (κ2) is 7.95. The number of fused-ring (bicyclic) bond motifs is 2. The number of likely N-dealkylation sites (N-methyl/N-ethyl adjacent to an activating group) is 1. The summed E-state index contributed by atoms with van der Waals surface area (Å²) in [6, 6.07) is 1.17. The molecule has 0 N–H and O–H groups in total. The van der Waals surface area contributed by atoms with Crippen LogP contribution in [0.1, 0.15) is 56.9 Å². The highest BCUT2D eigenvalue weighted by molar-refractivity contribution is 5.79. The summed E-state index contributed by atoms with van der Waals surface area (Å²) in [5.74, 6) is 3.01. The molecule has 1 aromatic heterocycles. The molecule has 1 aromatic rings. The van der Waals surface area contributed by atoms with Gasteiger partial charge in [-0.05, 0) is 83.0 Å². The van der Waals surface area contributed by atoms with Gasteiger partial charge in [0.1, 0.15) is 5.78 Å². The zero-order valence-electron chi connectivity index (χ0n) is 18.0. The third-order valence-corrected chi connectivity index (χ3v) is 7.94. The van der Waals surface area contributed by atoms with Gasteiger partial charge >= 0.3 is 0 Å². The minimum Gasteiger partial charge on any atom is -0.332 e. The van der Waals surface area contributed by atoms with E-state index in [0.29, 0.717) is 29.7 Å². The molecule has 4 fully saturated rings. The van der Waals surface area contributed by atoms with E-state index >= 15 is 0 Å². The van der Waals surface area contributed by atoms with E-state index in [2.05, 4.69) is 34.1 Å². The van der Waals surface area contributed by atoms with E-state index < -0.39 is 0 Å². The van der Waals surface area contributed by atoms with Crippen molar-refractivity contribution in [2.75, 3.05) is 44.7 Å². The van der Waals surface area contributed by atoms with Gasteiger partial charge < -0.3 is 14.7 Å². The summed E-state index contributed by atoms with van der Waals surface area (Å²) in [5, 5.41) is 0. The number of carbonyl (C=O) groups is 1. The molecular weight excluding hydrogens is 362 g/mol. The molecule has 5 rings (SSSR count). The summed E-state index contributed by atoms with van der Waals surface area (Å²) >= 11 is 0. The number of piperazine rings is 1. The van der Waals surface area contributed by atoms with Crippen LogP contribution in [0.2, 0.25) is 0 Å². The molecule has 6 heteroatoms. The van der Waals surface area contributed by atoms with Crippen LogP contribution < -0.4 is 4.90 Å². The highest BCUT2D eigenvalue weighted by Gasteiger charge is 2.40. The minimum atomic E-state index is 0.351. The minimum absolute atomic E-state index is 0.351. The monoisotopic (exact) mass is 397 g/mol. The zero-order valence-corrected chi connectivity index (χ0v) is 18.0. The van der Waals surface area contributed by atoms with Crippen molar-refractivity contribution in [3.63, 3.8) is 0 Å². The third-order valence-electron chi connectivity index (χ3n) is 7.94. The van der Waals surface area contributed by atoms with Crippen molar-refractivity contribution >= 4 is 11.7 Å². The van der Waals surface area contributed by atoms with Gasteiger partial charge in [0.2, 0.25) is 5.95 Å². The Morgan fingerprint density at radius 2 is 1.66 bits per heavy atom. The maximum atomic E-state index is 11.4. The molecule has 2 unspecified atom stereocenters. The van der Waals surface area contributed by atoms with Crippen molar-refractivity contribution in [3.05, 3.63) is 18.0 Å². The van der Waals surface area contributed by atoms with Crippen LogP contribution >= 0.6 is 0 Å². The molecule has 1 aliphatic carbocycles. The maximum Gasteiger partial charge on any atom is 0.225 e. The van der Waals surface area contributed by atoms with Gasteiger partial charge in [0.05, 0.1) is 0 Å². The lowest BCUT2D eigenvalue weighted by Crippen LogP contribution is -2.53. The predicted molar refractivity (Wildman–Crippen MR) is 114 cm³/mol. The molecule has 0 amide bonds. The fraction of sp³-hybridized carbons (Fsp3) is 0.783. The van der Waals surface area contributed by atoms with Gasteiger partial charge in [-0.2, -0.15) is 0 Å². The van der Waals surface area contributed by atoms with Gasteiger partial charge in [-0.3, -0.25) is 4.79 Å². The van der Waals surface area contributed by atoms with E-state index in [0.717, 1.165) is 50.9 Å². The predicted octanol–water partition coefficient (Wildman–Crippen LogP) is 2.55. The highest BCUT2D eigenvalue weighted by atomic mass is 16.1. The Balaban J connectivity index is 1.13. The average molecular weight is 398 g/mol. The fourth-order valence-electron chi connectivity index (χ4n) is 6.15. The molecule has 3 aliphatic heterocycles. The zero-order chi connectivity index (χ0) is 20.0. The summed E-state index contributed by atoms with van der Waals surface area (Å²) < 4.78 is 0. The standard InChI is InChI=1S/C23H35N5O/c1-16(29)19-9-17(10-19)13-27-7-5-18(6-8-27)20-11-24-23(25-12-20)28-21-3-4-22(28)15-26(2)14-21/h11-12,17-19,21-22H,3-10,13-15H2,1-2H3. The number of anilines is 1. The van der Waals surface area contributed by atoms with Gasteiger partial charge in [-0.15, -0.1) is 0 Å². The summed E-state index contributed by atoms with van der Waals surface area (Å²) in [7, 11) is 2.23. The first kappa shape index (κ1) is 19.4. The second-order valence-electron chi connectivity index (χ2n) is 10.0. The molecule has 4 heterocycles. The molecule has 0 spiro atoms. The van der Waals surface area contributed by atoms with Crippen molar-refractivity contribution < 1.29 is 4.79 Å². The van der Waals surface area contributed by atoms with E-state index in [9.17, 15) is 4.79 Å². The quantitative estimate of drug-likeness (QED) is 0.761. The van der Waals surface area contributed by atoms with Gasteiger partial charge in [-0.25, -0.2) is 9.97 Å². The number of nitrogens with zero attached hydrogens (tertiary/aromatic N) is 5. The molecule has 1 saturated carbocycles. The SMILES string of the molecule is CC(=O)C1CC(CN2CCC(c3cnc(N4C5CCC4CN(C)C5)nc3)CC2)C1. The summed E-state index contributed by atoms with van der Waals surface area (Å²) in [6.07, 6.45) is 11.4. The normalized spacial score (nSPS) is 33.7. The van der Waals surface area contributed by atoms with Gasteiger partial charge in [0.25, 0.3) is 0 Å². The van der Waals surface area contributed by atoms with E-state index in [1.54, 1.807) is 6.92 Å². The lowest BCUT2D eigenvalue weighted by atomic mass is 9.72. The van der Waals surface area contributed by atoms with Crippen molar-refractivity contribution in [2.24, 2.45) is 11.8 Å². The Labute approximate surface area is 174 Å². The Kier molecular flexibility index (Phi) is 5.33. The summed E-state index contributed by atoms with van der Waals surface area (Å²) in [4.78, 5) is 28.6. The van der Waals surface area contributed by atoms with Crippen LogP contribution in [0, 0.1) is 11.8 Å². The highest BCUT2D eigenvalue weighted by Crippen LogP contribution is 2.37. The number of piperidine rings is 1. The van der Waals surface area contributed by atoms with Crippen molar-refractivity contribution in [3.8, 4) is 0 Å². The molecule has 2 bridgehead atoms. The number of hydrogen-bond acceptors (Lipinski definition) is 6. The van der Waals surface area contributed by atoms with Crippen LogP contribution in [0.25, 0.3) is 0 Å². The van der Waals surface area contributed by atoms with E-state index in [4.69, 9.17) is 9.97 Å². The van der Waals surface area contributed by atoms with Gasteiger partial charge in [0.15, 0.2) is 0 Å². The Bertz CT molecular complexity index is 709. The number of aromatic nitrogens is 2. The fourth-order valence-corrected chi connectivity index (χ4v) is 6.15. The first-order chi connectivity index (χ1) is 14.1. The smallest absolute Gasteiger partial charge is 0.225 e. The van der Waals surface area contributed by atoms with Crippen molar-refractivity contribution in [2.45, 2.75) is 63.5 Å². The van der Waals surface area contributed by atoms with E-state index in [1.807, 2.05) is 0 Å². The number of rotatable bonds is 5. The average Bonchev–Trinajstić information content (AvgIpc) is 2.96. The Morgan fingerprint density at radius 1 is 1.03 bits per heavy atom. The number of carbonyl (C=O) groups excluding carboxylic acids is 1. The van der Waals surface area contributed by atoms with Crippen LogP contribution in [-0.4, -0.2) is 77.4 Å². The lowest BCUT2D eigenvalue weighted by molar-refractivity contribution is -0.124. The molecule has 3 saturated heterocycles. The molecule has 29 heavy (non-hydrogen) atoms. The molecule has 158 valence electrons. The number of hydrogen-bond donors (Lipinski definition) is 0. The van der Waals surface area contributed by atoms with Crippen LogP contribution in [0.4, 0.5) is 5.95 Å². The third kappa shape index (κ3) is 3.93. The van der Waals surface area contributed by atoms with Crippen molar-refractivity contribution in [1.82, 2.24) is 19.8 Å².